The van der Waals surface area contributed by atoms with E-state index in [4.69, 9.17) is 9.47 Å². The second kappa shape index (κ2) is 8.26. The molecule has 0 radical (unpaired) electrons. The minimum atomic E-state index is 0.265. The van der Waals surface area contributed by atoms with E-state index in [1.54, 1.807) is 6.20 Å². The maximum Gasteiger partial charge on any atom is 0.0885 e. The summed E-state index contributed by atoms with van der Waals surface area (Å²) in [6.07, 6.45) is 6.58. The van der Waals surface area contributed by atoms with Crippen molar-refractivity contribution < 1.29 is 9.47 Å². The molecule has 0 aromatic carbocycles. The first-order chi connectivity index (χ1) is 11.0. The summed E-state index contributed by atoms with van der Waals surface area (Å²) in [5, 5.41) is 13.6. The average molecular weight is 320 g/mol. The second-order valence-corrected chi connectivity index (χ2v) is 6.55. The van der Waals surface area contributed by atoms with Crippen molar-refractivity contribution >= 4 is 0 Å². The molecule has 0 unspecified atom stereocenters. The number of nitrogens with zero attached hydrogens (tertiary/aromatic N) is 2. The van der Waals surface area contributed by atoms with Crippen LogP contribution in [0.25, 0.3) is 0 Å². The quantitative estimate of drug-likeness (QED) is 0.821. The Kier molecular flexibility index (Phi) is 6.36. The number of aromatic amines is 2. The smallest absolute Gasteiger partial charge is 0.0885 e. The summed E-state index contributed by atoms with van der Waals surface area (Å²) in [6, 6.07) is 3.96. The van der Waals surface area contributed by atoms with Gasteiger partial charge in [-0.2, -0.15) is 10.2 Å². The van der Waals surface area contributed by atoms with Crippen LogP contribution in [0.5, 0.6) is 0 Å². The lowest BCUT2D eigenvalue weighted by molar-refractivity contribution is 0.0611. The molecule has 2 aromatic heterocycles. The first kappa shape index (κ1) is 17.7. The maximum atomic E-state index is 5.65. The molecule has 2 aromatic rings. The monoisotopic (exact) mass is 320 g/mol. The van der Waals surface area contributed by atoms with Crippen molar-refractivity contribution in [2.45, 2.75) is 64.8 Å². The van der Waals surface area contributed by atoms with Crippen LogP contribution in [-0.4, -0.2) is 39.2 Å². The lowest BCUT2D eigenvalue weighted by Crippen LogP contribution is -2.18. The molecule has 0 aliphatic heterocycles. The van der Waals surface area contributed by atoms with Crippen molar-refractivity contribution in [1.29, 1.82) is 0 Å². The van der Waals surface area contributed by atoms with Gasteiger partial charge in [0, 0.05) is 23.5 Å². The Morgan fingerprint density at radius 2 is 1.65 bits per heavy atom. The molecule has 6 nitrogen and oxygen atoms in total. The predicted octanol–water partition coefficient (Wildman–Crippen LogP) is 3.20. The third-order valence-corrected chi connectivity index (χ3v) is 3.75. The van der Waals surface area contributed by atoms with Gasteiger partial charge >= 0.3 is 0 Å². The van der Waals surface area contributed by atoms with Gasteiger partial charge in [0.2, 0.25) is 0 Å². The molecule has 1 aliphatic carbocycles. The lowest BCUT2D eigenvalue weighted by atomic mass is 10.0. The van der Waals surface area contributed by atoms with E-state index in [0.717, 1.165) is 12.3 Å². The summed E-state index contributed by atoms with van der Waals surface area (Å²) in [5.41, 5.74) is 2.52. The van der Waals surface area contributed by atoms with Crippen LogP contribution in [0.4, 0.5) is 0 Å². The van der Waals surface area contributed by atoms with Gasteiger partial charge in [-0.05, 0) is 52.7 Å². The van der Waals surface area contributed by atoms with E-state index >= 15 is 0 Å². The standard InChI is InChI=1S/C10H16N2O.C7H12N2O/c1-8(2)13-7-10(4-5-10)9-3-6-11-12-9;1-6(2)10-5-7-3-4-8-9-7/h3,6,8H,4-5,7H2,1-2H3,(H,11,12);3-4,6H,5H2,1-2H3,(H,8,9). The van der Waals surface area contributed by atoms with Crippen LogP contribution in [-0.2, 0) is 21.5 Å². The predicted molar refractivity (Wildman–Crippen MR) is 89.1 cm³/mol. The highest BCUT2D eigenvalue weighted by Gasteiger charge is 2.45. The number of H-pyrrole nitrogens is 2. The minimum Gasteiger partial charge on any atom is -0.378 e. The molecule has 2 heterocycles. The molecule has 0 spiro atoms. The van der Waals surface area contributed by atoms with Crippen LogP contribution >= 0.6 is 0 Å². The van der Waals surface area contributed by atoms with Gasteiger partial charge in [0.15, 0.2) is 0 Å². The molecular formula is C17H28N4O2. The normalized spacial score (nSPS) is 15.6. The van der Waals surface area contributed by atoms with Gasteiger partial charge in [0.1, 0.15) is 0 Å². The van der Waals surface area contributed by atoms with Crippen molar-refractivity contribution in [3.63, 3.8) is 0 Å². The minimum absolute atomic E-state index is 0.265. The van der Waals surface area contributed by atoms with Gasteiger partial charge in [0.05, 0.1) is 31.1 Å². The van der Waals surface area contributed by atoms with Crippen molar-refractivity contribution in [2.75, 3.05) is 6.61 Å². The number of aromatic nitrogens is 4. The summed E-state index contributed by atoms with van der Waals surface area (Å²) in [4.78, 5) is 0. The van der Waals surface area contributed by atoms with E-state index in [0.29, 0.717) is 12.7 Å². The van der Waals surface area contributed by atoms with Crippen LogP contribution in [0.1, 0.15) is 51.9 Å². The van der Waals surface area contributed by atoms with E-state index < -0.39 is 0 Å². The molecule has 128 valence electrons. The molecule has 1 aliphatic rings. The third-order valence-electron chi connectivity index (χ3n) is 3.75. The molecule has 0 amide bonds. The van der Waals surface area contributed by atoms with E-state index in [2.05, 4.69) is 40.3 Å². The highest BCUT2D eigenvalue weighted by Crippen LogP contribution is 2.47. The number of ether oxygens (including phenoxy) is 2. The van der Waals surface area contributed by atoms with Gasteiger partial charge in [-0.3, -0.25) is 10.2 Å². The zero-order valence-corrected chi connectivity index (χ0v) is 14.5. The molecule has 0 atom stereocenters. The maximum absolute atomic E-state index is 5.65. The summed E-state index contributed by atoms with van der Waals surface area (Å²) in [7, 11) is 0. The topological polar surface area (TPSA) is 75.8 Å². The van der Waals surface area contributed by atoms with Crippen LogP contribution in [0.2, 0.25) is 0 Å². The number of hydrogen-bond acceptors (Lipinski definition) is 4. The van der Waals surface area contributed by atoms with Gasteiger partial charge in [-0.1, -0.05) is 0 Å². The largest absolute Gasteiger partial charge is 0.378 e. The summed E-state index contributed by atoms with van der Waals surface area (Å²) in [6.45, 7) is 9.61. The lowest BCUT2D eigenvalue weighted by Gasteiger charge is -2.15. The molecule has 1 fully saturated rings. The SMILES string of the molecule is CC(C)OCC1(c2ccn[nH]2)CC1.CC(C)OCc1ccn[nH]1. The van der Waals surface area contributed by atoms with Gasteiger partial charge in [-0.25, -0.2) is 0 Å². The van der Waals surface area contributed by atoms with E-state index in [1.165, 1.54) is 18.5 Å². The highest BCUT2D eigenvalue weighted by atomic mass is 16.5. The second-order valence-electron chi connectivity index (χ2n) is 6.55. The summed E-state index contributed by atoms with van der Waals surface area (Å²) >= 11 is 0. The Hall–Kier alpha value is -1.66. The van der Waals surface area contributed by atoms with Gasteiger partial charge in [-0.15, -0.1) is 0 Å². The first-order valence-corrected chi connectivity index (χ1v) is 8.23. The number of rotatable bonds is 7. The molecule has 0 saturated heterocycles. The van der Waals surface area contributed by atoms with Gasteiger partial charge in [0.25, 0.3) is 0 Å². The highest BCUT2D eigenvalue weighted by molar-refractivity contribution is 5.23. The number of hydrogen-bond donors (Lipinski definition) is 2. The Morgan fingerprint density at radius 1 is 1.00 bits per heavy atom. The fourth-order valence-corrected chi connectivity index (χ4v) is 2.14. The average Bonchev–Trinajstić information content (AvgIpc) is 2.97. The molecule has 23 heavy (non-hydrogen) atoms. The van der Waals surface area contributed by atoms with Crippen LogP contribution < -0.4 is 0 Å². The third kappa shape index (κ3) is 5.80. The zero-order chi connectivity index (χ0) is 16.7. The summed E-state index contributed by atoms with van der Waals surface area (Å²) in [5.74, 6) is 0. The van der Waals surface area contributed by atoms with Gasteiger partial charge < -0.3 is 9.47 Å². The first-order valence-electron chi connectivity index (χ1n) is 8.23. The fraction of sp³-hybridized carbons (Fsp3) is 0.647. The van der Waals surface area contributed by atoms with E-state index in [1.807, 2.05) is 26.1 Å². The van der Waals surface area contributed by atoms with Crippen molar-refractivity contribution in [2.24, 2.45) is 0 Å². The fourth-order valence-electron chi connectivity index (χ4n) is 2.14. The van der Waals surface area contributed by atoms with Crippen molar-refractivity contribution in [1.82, 2.24) is 20.4 Å². The van der Waals surface area contributed by atoms with Crippen molar-refractivity contribution in [3.05, 3.63) is 35.9 Å². The van der Waals surface area contributed by atoms with E-state index in [9.17, 15) is 0 Å². The van der Waals surface area contributed by atoms with Crippen LogP contribution in [0.3, 0.4) is 0 Å². The van der Waals surface area contributed by atoms with Crippen molar-refractivity contribution in [3.8, 4) is 0 Å². The van der Waals surface area contributed by atoms with Crippen LogP contribution in [0, 0.1) is 0 Å². The molecular weight excluding hydrogens is 292 g/mol. The Labute approximate surface area is 138 Å². The summed E-state index contributed by atoms with van der Waals surface area (Å²) < 4.78 is 11.0. The number of nitrogens with one attached hydrogen (secondary N) is 2. The van der Waals surface area contributed by atoms with E-state index in [-0.39, 0.29) is 11.5 Å². The molecule has 1 saturated carbocycles. The molecule has 3 rings (SSSR count). The Balaban J connectivity index is 0.000000174. The molecule has 2 N–H and O–H groups in total. The Bertz CT molecular complexity index is 531. The molecule has 0 bridgehead atoms. The van der Waals surface area contributed by atoms with Crippen LogP contribution in [0.15, 0.2) is 24.5 Å². The molecule has 6 heteroatoms. The Morgan fingerprint density at radius 3 is 2.13 bits per heavy atom. The zero-order valence-electron chi connectivity index (χ0n) is 14.5.